The molecule has 0 spiro atoms. The van der Waals surface area contributed by atoms with Gasteiger partial charge in [-0.1, -0.05) is 18.2 Å². The van der Waals surface area contributed by atoms with Crippen molar-refractivity contribution in [3.63, 3.8) is 0 Å². The van der Waals surface area contributed by atoms with Gasteiger partial charge >= 0.3 is 0 Å². The highest BCUT2D eigenvalue weighted by molar-refractivity contribution is 5.79. The van der Waals surface area contributed by atoms with Crippen molar-refractivity contribution in [3.8, 4) is 16.8 Å². The second-order valence-electron chi connectivity index (χ2n) is 6.07. The number of aromatic nitrogens is 3. The molecule has 5 heteroatoms. The number of fused-ring (bicyclic) bond motifs is 1. The lowest BCUT2D eigenvalue weighted by Crippen LogP contribution is -2.04. The third kappa shape index (κ3) is 2.90. The quantitative estimate of drug-likeness (QED) is 0.571. The maximum Gasteiger partial charge on any atom is 0.212 e. The standard InChI is InChI=1S/C20H17FN4/c1-13(22)14-5-7-19-18(10-14)24-12-25(19)17-4-2-3-15(9-17)16-6-8-20(21)23-11-16/h2-13H,22H2,1H3. The Balaban J connectivity index is 1.78. The van der Waals surface area contributed by atoms with E-state index in [2.05, 4.69) is 9.97 Å². The van der Waals surface area contributed by atoms with Crippen LogP contribution < -0.4 is 5.73 Å². The molecule has 0 bridgehead atoms. The lowest BCUT2D eigenvalue weighted by atomic mass is 10.1. The minimum atomic E-state index is -0.481. The molecule has 1 unspecified atom stereocenters. The van der Waals surface area contributed by atoms with Gasteiger partial charge in [0.15, 0.2) is 0 Å². The van der Waals surface area contributed by atoms with Gasteiger partial charge in [0.05, 0.1) is 11.0 Å². The van der Waals surface area contributed by atoms with Crippen molar-refractivity contribution in [2.75, 3.05) is 0 Å². The summed E-state index contributed by atoms with van der Waals surface area (Å²) in [5.41, 5.74) is 11.8. The van der Waals surface area contributed by atoms with E-state index in [4.69, 9.17) is 5.73 Å². The van der Waals surface area contributed by atoms with Crippen molar-refractivity contribution in [2.45, 2.75) is 13.0 Å². The normalized spacial score (nSPS) is 12.4. The van der Waals surface area contributed by atoms with Gasteiger partial charge in [-0.25, -0.2) is 9.97 Å². The van der Waals surface area contributed by atoms with E-state index in [0.29, 0.717) is 0 Å². The molecule has 25 heavy (non-hydrogen) atoms. The molecule has 0 aliphatic rings. The first-order valence-electron chi connectivity index (χ1n) is 8.07. The van der Waals surface area contributed by atoms with E-state index in [1.807, 2.05) is 54.0 Å². The Bertz CT molecular complexity index is 1040. The second kappa shape index (κ2) is 6.11. The van der Waals surface area contributed by atoms with Crippen LogP contribution in [0.2, 0.25) is 0 Å². The molecule has 0 fully saturated rings. The van der Waals surface area contributed by atoms with Crippen molar-refractivity contribution < 1.29 is 4.39 Å². The molecule has 4 nitrogen and oxygen atoms in total. The number of nitrogens with two attached hydrogens (primary N) is 1. The van der Waals surface area contributed by atoms with Crippen molar-refractivity contribution in [2.24, 2.45) is 5.73 Å². The summed E-state index contributed by atoms with van der Waals surface area (Å²) in [7, 11) is 0. The molecule has 0 amide bonds. The average Bonchev–Trinajstić information content (AvgIpc) is 3.05. The van der Waals surface area contributed by atoms with Gasteiger partial charge in [-0.05, 0) is 54.4 Å². The molecule has 1 atom stereocenters. The summed E-state index contributed by atoms with van der Waals surface area (Å²) in [5, 5.41) is 0. The Hall–Kier alpha value is -3.05. The van der Waals surface area contributed by atoms with Crippen LogP contribution in [0.15, 0.2) is 67.1 Å². The second-order valence-corrected chi connectivity index (χ2v) is 6.07. The molecular weight excluding hydrogens is 315 g/mol. The first-order chi connectivity index (χ1) is 12.1. The monoisotopic (exact) mass is 332 g/mol. The Labute approximate surface area is 144 Å². The third-order valence-electron chi connectivity index (χ3n) is 4.28. The predicted octanol–water partition coefficient (Wildman–Crippen LogP) is 4.25. The highest BCUT2D eigenvalue weighted by Gasteiger charge is 2.08. The SMILES string of the molecule is CC(N)c1ccc2c(c1)ncn2-c1cccc(-c2ccc(F)nc2)c1. The molecule has 2 heterocycles. The van der Waals surface area contributed by atoms with Crippen LogP contribution in [0.5, 0.6) is 0 Å². The van der Waals surface area contributed by atoms with Crippen LogP contribution in [0.3, 0.4) is 0 Å². The van der Waals surface area contributed by atoms with Crippen LogP contribution in [-0.2, 0) is 0 Å². The van der Waals surface area contributed by atoms with E-state index in [9.17, 15) is 4.39 Å². The molecule has 2 N–H and O–H groups in total. The Kier molecular flexibility index (Phi) is 3.78. The molecule has 2 aromatic carbocycles. The number of nitrogens with zero attached hydrogens (tertiary/aromatic N) is 3. The van der Waals surface area contributed by atoms with Crippen molar-refractivity contribution in [1.29, 1.82) is 0 Å². The molecular formula is C20H17FN4. The molecule has 0 saturated carbocycles. The summed E-state index contributed by atoms with van der Waals surface area (Å²) in [6, 6.07) is 17.1. The van der Waals surface area contributed by atoms with Crippen LogP contribution in [0, 0.1) is 5.95 Å². The number of pyridine rings is 1. The lowest BCUT2D eigenvalue weighted by Gasteiger charge is -2.09. The number of rotatable bonds is 3. The first kappa shape index (κ1) is 15.5. The number of hydrogen-bond donors (Lipinski definition) is 1. The van der Waals surface area contributed by atoms with E-state index >= 15 is 0 Å². The van der Waals surface area contributed by atoms with Gasteiger partial charge in [0.2, 0.25) is 5.95 Å². The Morgan fingerprint density at radius 2 is 1.88 bits per heavy atom. The fourth-order valence-electron chi connectivity index (χ4n) is 2.90. The summed E-state index contributed by atoms with van der Waals surface area (Å²) >= 11 is 0. The summed E-state index contributed by atoms with van der Waals surface area (Å²) in [5.74, 6) is -0.481. The minimum Gasteiger partial charge on any atom is -0.324 e. The lowest BCUT2D eigenvalue weighted by molar-refractivity contribution is 0.584. The topological polar surface area (TPSA) is 56.7 Å². The van der Waals surface area contributed by atoms with E-state index < -0.39 is 5.95 Å². The van der Waals surface area contributed by atoms with Gasteiger partial charge in [-0.3, -0.25) is 4.57 Å². The maximum absolute atomic E-state index is 13.0. The van der Waals surface area contributed by atoms with Crippen molar-refractivity contribution in [1.82, 2.24) is 14.5 Å². The van der Waals surface area contributed by atoms with Crippen LogP contribution in [0.4, 0.5) is 4.39 Å². The third-order valence-corrected chi connectivity index (χ3v) is 4.28. The highest BCUT2D eigenvalue weighted by atomic mass is 19.1. The molecule has 0 saturated heterocycles. The van der Waals surface area contributed by atoms with Gasteiger partial charge in [0.25, 0.3) is 0 Å². The summed E-state index contributed by atoms with van der Waals surface area (Å²) in [6.07, 6.45) is 3.34. The molecule has 0 aliphatic heterocycles. The van der Waals surface area contributed by atoms with Crippen LogP contribution >= 0.6 is 0 Å². The molecule has 4 rings (SSSR count). The van der Waals surface area contributed by atoms with Crippen molar-refractivity contribution >= 4 is 11.0 Å². The van der Waals surface area contributed by atoms with Crippen molar-refractivity contribution in [3.05, 3.63) is 78.6 Å². The molecule has 0 aliphatic carbocycles. The summed E-state index contributed by atoms with van der Waals surface area (Å²) in [6.45, 7) is 1.96. The van der Waals surface area contributed by atoms with Gasteiger partial charge in [0.1, 0.15) is 6.33 Å². The Morgan fingerprint density at radius 3 is 2.64 bits per heavy atom. The largest absolute Gasteiger partial charge is 0.324 e. The highest BCUT2D eigenvalue weighted by Crippen LogP contribution is 2.25. The zero-order valence-electron chi connectivity index (χ0n) is 13.7. The van der Waals surface area contributed by atoms with E-state index in [1.54, 1.807) is 12.4 Å². The fourth-order valence-corrected chi connectivity index (χ4v) is 2.90. The van der Waals surface area contributed by atoms with Crippen LogP contribution in [0.25, 0.3) is 27.8 Å². The smallest absolute Gasteiger partial charge is 0.212 e. The number of hydrogen-bond acceptors (Lipinski definition) is 3. The zero-order valence-corrected chi connectivity index (χ0v) is 13.7. The Morgan fingerprint density at radius 1 is 1.00 bits per heavy atom. The van der Waals surface area contributed by atoms with Crippen LogP contribution in [0.1, 0.15) is 18.5 Å². The molecule has 0 radical (unpaired) electrons. The average molecular weight is 332 g/mol. The maximum atomic E-state index is 13.0. The number of benzene rings is 2. The molecule has 124 valence electrons. The molecule has 4 aromatic rings. The summed E-state index contributed by atoms with van der Waals surface area (Å²) in [4.78, 5) is 8.22. The van der Waals surface area contributed by atoms with Gasteiger partial charge in [-0.2, -0.15) is 4.39 Å². The van der Waals surface area contributed by atoms with Gasteiger partial charge < -0.3 is 5.73 Å². The van der Waals surface area contributed by atoms with Gasteiger partial charge in [0, 0.05) is 23.5 Å². The zero-order chi connectivity index (χ0) is 17.4. The minimum absolute atomic E-state index is 0.0242. The molecule has 2 aromatic heterocycles. The fraction of sp³-hybridized carbons (Fsp3) is 0.100. The number of halogens is 1. The number of imidazole rings is 1. The van der Waals surface area contributed by atoms with Crippen LogP contribution in [-0.4, -0.2) is 14.5 Å². The van der Waals surface area contributed by atoms with E-state index in [0.717, 1.165) is 33.4 Å². The van der Waals surface area contributed by atoms with Gasteiger partial charge in [-0.15, -0.1) is 0 Å². The van der Waals surface area contributed by atoms with E-state index in [-0.39, 0.29) is 6.04 Å². The predicted molar refractivity (Wildman–Crippen MR) is 96.9 cm³/mol. The van der Waals surface area contributed by atoms with E-state index in [1.165, 1.54) is 12.3 Å². The summed E-state index contributed by atoms with van der Waals surface area (Å²) < 4.78 is 15.1. The first-order valence-corrected chi connectivity index (χ1v) is 8.07.